The number of benzene rings is 1. The highest BCUT2D eigenvalue weighted by atomic mass is 16.5. The van der Waals surface area contributed by atoms with E-state index in [4.69, 9.17) is 10.5 Å². The maximum atomic E-state index is 6.22. The zero-order valence-corrected chi connectivity index (χ0v) is 14.0. The fourth-order valence-electron chi connectivity index (χ4n) is 2.26. The predicted octanol–water partition coefficient (Wildman–Crippen LogP) is 2.92. The number of hydrogen-bond acceptors (Lipinski definition) is 6. The van der Waals surface area contributed by atoms with Gasteiger partial charge in [0.05, 0.1) is 7.11 Å². The molecule has 0 aliphatic carbocycles. The molecule has 3 N–H and O–H groups in total. The van der Waals surface area contributed by atoms with Gasteiger partial charge in [-0.25, -0.2) is 9.97 Å². The Morgan fingerprint density at radius 1 is 1.22 bits per heavy atom. The summed E-state index contributed by atoms with van der Waals surface area (Å²) in [6.45, 7) is 3.73. The van der Waals surface area contributed by atoms with Gasteiger partial charge in [-0.2, -0.15) is 0 Å². The standard InChI is InChI=1S/C17H25N5O/c1-4-5-10-22(2)17-15(18)16(20-12-21-17)19-11-13-6-8-14(23-3)9-7-13/h6-9,12H,4-5,10-11,18H2,1-3H3,(H,19,20,21). The van der Waals surface area contributed by atoms with Crippen molar-refractivity contribution in [3.8, 4) is 5.75 Å². The van der Waals surface area contributed by atoms with Crippen molar-refractivity contribution < 1.29 is 4.74 Å². The summed E-state index contributed by atoms with van der Waals surface area (Å²) in [5.74, 6) is 2.27. The molecule has 0 spiro atoms. The maximum absolute atomic E-state index is 6.22. The Balaban J connectivity index is 2.04. The molecule has 2 aromatic rings. The molecule has 23 heavy (non-hydrogen) atoms. The zero-order chi connectivity index (χ0) is 16.7. The first-order chi connectivity index (χ1) is 11.2. The smallest absolute Gasteiger partial charge is 0.157 e. The summed E-state index contributed by atoms with van der Waals surface area (Å²) in [4.78, 5) is 10.6. The molecule has 0 aliphatic heterocycles. The normalized spacial score (nSPS) is 10.4. The molecule has 0 aliphatic rings. The number of nitrogens with two attached hydrogens (primary N) is 1. The molecule has 6 heteroatoms. The van der Waals surface area contributed by atoms with Crippen LogP contribution >= 0.6 is 0 Å². The van der Waals surface area contributed by atoms with Gasteiger partial charge in [0.25, 0.3) is 0 Å². The Hall–Kier alpha value is -2.50. The maximum Gasteiger partial charge on any atom is 0.157 e. The Morgan fingerprint density at radius 2 is 1.96 bits per heavy atom. The molecule has 0 amide bonds. The van der Waals surface area contributed by atoms with Crippen molar-refractivity contribution in [3.05, 3.63) is 36.2 Å². The summed E-state index contributed by atoms with van der Waals surface area (Å²) in [5, 5.41) is 3.27. The molecule has 2 rings (SSSR count). The van der Waals surface area contributed by atoms with Gasteiger partial charge in [0.2, 0.25) is 0 Å². The lowest BCUT2D eigenvalue weighted by atomic mass is 10.2. The lowest BCUT2D eigenvalue weighted by Crippen LogP contribution is -2.21. The highest BCUT2D eigenvalue weighted by Gasteiger charge is 2.11. The van der Waals surface area contributed by atoms with E-state index in [-0.39, 0.29) is 0 Å². The molecule has 1 heterocycles. The first kappa shape index (κ1) is 16.9. The van der Waals surface area contributed by atoms with Crippen LogP contribution in [0, 0.1) is 0 Å². The number of methoxy groups -OCH3 is 1. The lowest BCUT2D eigenvalue weighted by Gasteiger charge is -2.20. The van der Waals surface area contributed by atoms with Gasteiger partial charge < -0.3 is 20.7 Å². The number of ether oxygens (including phenoxy) is 1. The third-order valence-corrected chi connectivity index (χ3v) is 3.69. The van der Waals surface area contributed by atoms with Gasteiger partial charge in [-0.1, -0.05) is 25.5 Å². The molecule has 0 saturated carbocycles. The van der Waals surface area contributed by atoms with Crippen LogP contribution in [-0.2, 0) is 6.54 Å². The predicted molar refractivity (Wildman–Crippen MR) is 94.9 cm³/mol. The number of nitrogens with one attached hydrogen (secondary N) is 1. The Kier molecular flexibility index (Phi) is 6.02. The quantitative estimate of drug-likeness (QED) is 0.780. The fraction of sp³-hybridized carbons (Fsp3) is 0.412. The van der Waals surface area contributed by atoms with Gasteiger partial charge in [0.15, 0.2) is 11.6 Å². The van der Waals surface area contributed by atoms with Gasteiger partial charge in [0.1, 0.15) is 17.8 Å². The average Bonchev–Trinajstić information content (AvgIpc) is 2.59. The number of unbranched alkanes of at least 4 members (excludes halogenated alkanes) is 1. The van der Waals surface area contributed by atoms with E-state index in [1.165, 1.54) is 0 Å². The van der Waals surface area contributed by atoms with Crippen LogP contribution < -0.4 is 20.7 Å². The Bertz CT molecular complexity index is 615. The van der Waals surface area contributed by atoms with Gasteiger partial charge in [-0.05, 0) is 24.1 Å². The molecule has 6 nitrogen and oxygen atoms in total. The summed E-state index contributed by atoms with van der Waals surface area (Å²) < 4.78 is 5.16. The van der Waals surface area contributed by atoms with Crippen LogP contribution in [-0.4, -0.2) is 30.7 Å². The van der Waals surface area contributed by atoms with E-state index in [1.54, 1.807) is 13.4 Å². The van der Waals surface area contributed by atoms with E-state index in [9.17, 15) is 0 Å². The monoisotopic (exact) mass is 315 g/mol. The van der Waals surface area contributed by atoms with E-state index in [1.807, 2.05) is 31.3 Å². The van der Waals surface area contributed by atoms with Crippen LogP contribution in [0.5, 0.6) is 5.75 Å². The highest BCUT2D eigenvalue weighted by molar-refractivity contribution is 5.74. The Labute approximate surface area is 137 Å². The largest absolute Gasteiger partial charge is 0.497 e. The van der Waals surface area contributed by atoms with Crippen molar-refractivity contribution in [3.63, 3.8) is 0 Å². The van der Waals surface area contributed by atoms with E-state index < -0.39 is 0 Å². The first-order valence-electron chi connectivity index (χ1n) is 7.84. The summed E-state index contributed by atoms with van der Waals surface area (Å²) in [5.41, 5.74) is 7.93. The molecule has 0 bridgehead atoms. The number of aromatic nitrogens is 2. The summed E-state index contributed by atoms with van der Waals surface area (Å²) in [6.07, 6.45) is 3.79. The number of nitrogens with zero attached hydrogens (tertiary/aromatic N) is 3. The molecule has 0 fully saturated rings. The molecule has 0 atom stereocenters. The highest BCUT2D eigenvalue weighted by Crippen LogP contribution is 2.26. The minimum Gasteiger partial charge on any atom is -0.497 e. The molecule has 1 aromatic heterocycles. The molecule has 124 valence electrons. The van der Waals surface area contributed by atoms with Gasteiger partial charge in [-0.3, -0.25) is 0 Å². The van der Waals surface area contributed by atoms with Crippen LogP contribution in [0.3, 0.4) is 0 Å². The molecule has 0 radical (unpaired) electrons. The second-order valence-electron chi connectivity index (χ2n) is 5.44. The molecular weight excluding hydrogens is 290 g/mol. The molecule has 1 aromatic carbocycles. The minimum atomic E-state index is 0.583. The van der Waals surface area contributed by atoms with Crippen LogP contribution in [0.1, 0.15) is 25.3 Å². The lowest BCUT2D eigenvalue weighted by molar-refractivity contribution is 0.414. The number of anilines is 3. The fourth-order valence-corrected chi connectivity index (χ4v) is 2.26. The topological polar surface area (TPSA) is 76.3 Å². The molecular formula is C17H25N5O. The Morgan fingerprint density at radius 3 is 2.61 bits per heavy atom. The summed E-state index contributed by atoms with van der Waals surface area (Å²) in [7, 11) is 3.66. The third kappa shape index (κ3) is 4.48. The van der Waals surface area contributed by atoms with Crippen LogP contribution in [0.15, 0.2) is 30.6 Å². The van der Waals surface area contributed by atoms with Crippen molar-refractivity contribution in [1.29, 1.82) is 0 Å². The average molecular weight is 315 g/mol. The minimum absolute atomic E-state index is 0.583. The van der Waals surface area contributed by atoms with Crippen molar-refractivity contribution in [2.24, 2.45) is 0 Å². The van der Waals surface area contributed by atoms with Crippen LogP contribution in [0.2, 0.25) is 0 Å². The van der Waals surface area contributed by atoms with Crippen molar-refractivity contribution in [2.45, 2.75) is 26.3 Å². The number of nitrogen functional groups attached to an aromatic ring is 1. The van der Waals surface area contributed by atoms with E-state index in [2.05, 4.69) is 27.1 Å². The van der Waals surface area contributed by atoms with Crippen LogP contribution in [0.25, 0.3) is 0 Å². The number of rotatable bonds is 8. The number of hydrogen-bond donors (Lipinski definition) is 2. The van der Waals surface area contributed by atoms with Crippen molar-refractivity contribution in [2.75, 3.05) is 36.7 Å². The van der Waals surface area contributed by atoms with Gasteiger partial charge >= 0.3 is 0 Å². The zero-order valence-electron chi connectivity index (χ0n) is 14.0. The van der Waals surface area contributed by atoms with Crippen molar-refractivity contribution >= 4 is 17.3 Å². The van der Waals surface area contributed by atoms with E-state index in [0.29, 0.717) is 18.1 Å². The van der Waals surface area contributed by atoms with E-state index >= 15 is 0 Å². The third-order valence-electron chi connectivity index (χ3n) is 3.69. The molecule has 0 unspecified atom stereocenters. The van der Waals surface area contributed by atoms with Crippen molar-refractivity contribution in [1.82, 2.24) is 9.97 Å². The first-order valence-corrected chi connectivity index (χ1v) is 7.84. The van der Waals surface area contributed by atoms with Gasteiger partial charge in [-0.15, -0.1) is 0 Å². The van der Waals surface area contributed by atoms with E-state index in [0.717, 1.165) is 36.5 Å². The summed E-state index contributed by atoms with van der Waals surface area (Å²) in [6, 6.07) is 7.89. The van der Waals surface area contributed by atoms with Gasteiger partial charge in [0, 0.05) is 20.1 Å². The second-order valence-corrected chi connectivity index (χ2v) is 5.44. The van der Waals surface area contributed by atoms with Crippen LogP contribution in [0.4, 0.5) is 17.3 Å². The summed E-state index contributed by atoms with van der Waals surface area (Å²) >= 11 is 0. The molecule has 0 saturated heterocycles. The SMILES string of the molecule is CCCCN(C)c1ncnc(NCc2ccc(OC)cc2)c1N. The second kappa shape index (κ2) is 8.22.